The van der Waals surface area contributed by atoms with Crippen LogP contribution in [0.3, 0.4) is 0 Å². The highest BCUT2D eigenvalue weighted by molar-refractivity contribution is 6.02. The van der Waals surface area contributed by atoms with Crippen molar-refractivity contribution in [2.75, 3.05) is 23.8 Å². The standard InChI is InChI=1S/C10H12N2O.C2H6/c1-7-3-4-9-8(5-7)11-6-10(13)12(9)2;1-2/h3-5,11H,6H2,1-2H3;1-2H3. The summed E-state index contributed by atoms with van der Waals surface area (Å²) in [7, 11) is 1.80. The molecular formula is C12H18N2O. The van der Waals surface area contributed by atoms with Crippen LogP contribution < -0.4 is 10.2 Å². The number of nitrogens with zero attached hydrogens (tertiary/aromatic N) is 1. The lowest BCUT2D eigenvalue weighted by molar-refractivity contribution is -0.116. The number of hydrogen-bond acceptors (Lipinski definition) is 2. The zero-order chi connectivity index (χ0) is 11.4. The lowest BCUT2D eigenvalue weighted by Gasteiger charge is -2.26. The Labute approximate surface area is 91.1 Å². The highest BCUT2D eigenvalue weighted by atomic mass is 16.2. The monoisotopic (exact) mass is 206 g/mol. The number of aryl methyl sites for hydroxylation is 1. The molecule has 3 nitrogen and oxygen atoms in total. The predicted octanol–water partition coefficient (Wildman–Crippen LogP) is 2.41. The summed E-state index contributed by atoms with van der Waals surface area (Å²) in [6, 6.07) is 6.03. The van der Waals surface area contributed by atoms with Gasteiger partial charge in [0, 0.05) is 7.05 Å². The van der Waals surface area contributed by atoms with Crippen molar-refractivity contribution in [3.05, 3.63) is 23.8 Å². The molecule has 0 spiro atoms. The maximum absolute atomic E-state index is 11.3. The van der Waals surface area contributed by atoms with Crippen molar-refractivity contribution in [1.29, 1.82) is 0 Å². The van der Waals surface area contributed by atoms with Crippen LogP contribution in [0, 0.1) is 6.92 Å². The van der Waals surface area contributed by atoms with Crippen LogP contribution in [0.15, 0.2) is 18.2 Å². The van der Waals surface area contributed by atoms with Crippen molar-refractivity contribution >= 4 is 17.3 Å². The first-order valence-electron chi connectivity index (χ1n) is 5.29. The van der Waals surface area contributed by atoms with E-state index in [4.69, 9.17) is 0 Å². The summed E-state index contributed by atoms with van der Waals surface area (Å²) in [6.07, 6.45) is 0. The smallest absolute Gasteiger partial charge is 0.246 e. The van der Waals surface area contributed by atoms with E-state index in [9.17, 15) is 4.79 Å². The van der Waals surface area contributed by atoms with E-state index in [0.717, 1.165) is 11.4 Å². The quantitative estimate of drug-likeness (QED) is 0.707. The Morgan fingerprint density at radius 1 is 1.33 bits per heavy atom. The Balaban J connectivity index is 0.000000531. The normalized spacial score (nSPS) is 13.6. The van der Waals surface area contributed by atoms with Crippen LogP contribution in [0.25, 0.3) is 0 Å². The molecule has 1 aliphatic heterocycles. The van der Waals surface area contributed by atoms with Crippen LogP contribution in [0.5, 0.6) is 0 Å². The number of carbonyl (C=O) groups excluding carboxylic acids is 1. The maximum Gasteiger partial charge on any atom is 0.246 e. The number of rotatable bonds is 0. The van der Waals surface area contributed by atoms with Gasteiger partial charge in [0.15, 0.2) is 0 Å². The third kappa shape index (κ3) is 2.29. The minimum absolute atomic E-state index is 0.108. The van der Waals surface area contributed by atoms with Crippen LogP contribution in [0.4, 0.5) is 11.4 Å². The molecule has 15 heavy (non-hydrogen) atoms. The molecule has 0 fully saturated rings. The molecule has 1 N–H and O–H groups in total. The number of amides is 1. The fourth-order valence-electron chi connectivity index (χ4n) is 1.51. The average molecular weight is 206 g/mol. The van der Waals surface area contributed by atoms with Gasteiger partial charge in [-0.1, -0.05) is 19.9 Å². The van der Waals surface area contributed by atoms with E-state index in [1.807, 2.05) is 32.9 Å². The van der Waals surface area contributed by atoms with Crippen LogP contribution in [-0.4, -0.2) is 19.5 Å². The first-order valence-corrected chi connectivity index (χ1v) is 5.29. The van der Waals surface area contributed by atoms with Gasteiger partial charge in [-0.2, -0.15) is 0 Å². The van der Waals surface area contributed by atoms with E-state index < -0.39 is 0 Å². The van der Waals surface area contributed by atoms with Gasteiger partial charge < -0.3 is 10.2 Å². The molecule has 0 aromatic heterocycles. The molecule has 0 radical (unpaired) electrons. The largest absolute Gasteiger partial charge is 0.374 e. The molecule has 1 aromatic rings. The number of anilines is 2. The molecule has 1 heterocycles. The van der Waals surface area contributed by atoms with Crippen molar-refractivity contribution in [2.24, 2.45) is 0 Å². The Hall–Kier alpha value is -1.51. The Morgan fingerprint density at radius 3 is 2.67 bits per heavy atom. The molecule has 0 aliphatic carbocycles. The lowest BCUT2D eigenvalue weighted by Crippen LogP contribution is -2.36. The van der Waals surface area contributed by atoms with Crippen LogP contribution in [0.1, 0.15) is 19.4 Å². The Kier molecular flexibility index (Phi) is 3.72. The van der Waals surface area contributed by atoms with Crippen LogP contribution in [-0.2, 0) is 4.79 Å². The summed E-state index contributed by atoms with van der Waals surface area (Å²) in [4.78, 5) is 13.0. The minimum Gasteiger partial charge on any atom is -0.374 e. The molecule has 2 rings (SSSR count). The topological polar surface area (TPSA) is 32.3 Å². The predicted molar refractivity (Wildman–Crippen MR) is 64.4 cm³/mol. The molecule has 0 saturated carbocycles. The molecular weight excluding hydrogens is 188 g/mol. The number of hydrogen-bond donors (Lipinski definition) is 1. The van der Waals surface area contributed by atoms with Crippen LogP contribution >= 0.6 is 0 Å². The van der Waals surface area contributed by atoms with Gasteiger partial charge in [0.05, 0.1) is 17.9 Å². The molecule has 0 bridgehead atoms. The molecule has 1 aromatic carbocycles. The number of likely N-dealkylation sites (N-methyl/N-ethyl adjacent to an activating group) is 1. The second kappa shape index (κ2) is 4.82. The summed E-state index contributed by atoms with van der Waals surface area (Å²) < 4.78 is 0. The average Bonchev–Trinajstić information content (AvgIpc) is 2.26. The molecule has 82 valence electrons. The summed E-state index contributed by atoms with van der Waals surface area (Å²) in [5.74, 6) is 0.108. The van der Waals surface area contributed by atoms with Crippen molar-refractivity contribution < 1.29 is 4.79 Å². The third-order valence-corrected chi connectivity index (χ3v) is 2.32. The van der Waals surface area contributed by atoms with Gasteiger partial charge in [-0.25, -0.2) is 0 Å². The SMILES string of the molecule is CC.Cc1ccc2c(c1)NCC(=O)N2C. The zero-order valence-electron chi connectivity index (χ0n) is 9.79. The first kappa shape index (κ1) is 11.6. The molecule has 0 unspecified atom stereocenters. The Bertz CT molecular complexity index is 361. The van der Waals surface area contributed by atoms with Gasteiger partial charge in [0.25, 0.3) is 0 Å². The Morgan fingerprint density at radius 2 is 2.00 bits per heavy atom. The number of fused-ring (bicyclic) bond motifs is 1. The van der Waals surface area contributed by atoms with E-state index in [1.54, 1.807) is 11.9 Å². The molecule has 1 aliphatic rings. The molecule has 0 atom stereocenters. The number of nitrogens with one attached hydrogen (secondary N) is 1. The van der Waals surface area contributed by atoms with Crippen molar-refractivity contribution in [2.45, 2.75) is 20.8 Å². The van der Waals surface area contributed by atoms with E-state index in [2.05, 4.69) is 11.4 Å². The summed E-state index contributed by atoms with van der Waals surface area (Å²) >= 11 is 0. The van der Waals surface area contributed by atoms with Gasteiger partial charge >= 0.3 is 0 Å². The van der Waals surface area contributed by atoms with E-state index >= 15 is 0 Å². The lowest BCUT2D eigenvalue weighted by atomic mass is 10.1. The number of carbonyl (C=O) groups is 1. The van der Waals surface area contributed by atoms with Gasteiger partial charge in [-0.3, -0.25) is 4.79 Å². The van der Waals surface area contributed by atoms with Gasteiger partial charge in [0.1, 0.15) is 0 Å². The molecule has 0 saturated heterocycles. The van der Waals surface area contributed by atoms with Crippen LogP contribution in [0.2, 0.25) is 0 Å². The maximum atomic E-state index is 11.3. The summed E-state index contributed by atoms with van der Waals surface area (Å²) in [6.45, 7) is 6.44. The second-order valence-electron chi connectivity index (χ2n) is 3.33. The third-order valence-electron chi connectivity index (χ3n) is 2.32. The fraction of sp³-hybridized carbons (Fsp3) is 0.417. The van der Waals surface area contributed by atoms with Crippen molar-refractivity contribution in [1.82, 2.24) is 0 Å². The van der Waals surface area contributed by atoms with Crippen molar-refractivity contribution in [3.8, 4) is 0 Å². The molecule has 1 amide bonds. The van der Waals surface area contributed by atoms with Gasteiger partial charge in [-0.15, -0.1) is 0 Å². The minimum atomic E-state index is 0.108. The second-order valence-corrected chi connectivity index (χ2v) is 3.33. The van der Waals surface area contributed by atoms with Gasteiger partial charge in [-0.05, 0) is 24.6 Å². The number of benzene rings is 1. The molecule has 3 heteroatoms. The fourth-order valence-corrected chi connectivity index (χ4v) is 1.51. The zero-order valence-corrected chi connectivity index (χ0v) is 9.79. The van der Waals surface area contributed by atoms with E-state index in [-0.39, 0.29) is 5.91 Å². The highest BCUT2D eigenvalue weighted by Crippen LogP contribution is 2.28. The van der Waals surface area contributed by atoms with E-state index in [0.29, 0.717) is 6.54 Å². The van der Waals surface area contributed by atoms with Gasteiger partial charge in [0.2, 0.25) is 5.91 Å². The summed E-state index contributed by atoms with van der Waals surface area (Å²) in [5.41, 5.74) is 3.21. The summed E-state index contributed by atoms with van der Waals surface area (Å²) in [5, 5.41) is 3.09. The first-order chi connectivity index (χ1) is 7.18. The highest BCUT2D eigenvalue weighted by Gasteiger charge is 2.19. The van der Waals surface area contributed by atoms with E-state index in [1.165, 1.54) is 5.56 Å². The van der Waals surface area contributed by atoms with Crippen molar-refractivity contribution in [3.63, 3.8) is 0 Å².